The molecule has 0 saturated carbocycles. The van der Waals surface area contributed by atoms with E-state index in [1.54, 1.807) is 0 Å². The summed E-state index contributed by atoms with van der Waals surface area (Å²) in [5, 5.41) is 0. The van der Waals surface area contributed by atoms with Crippen LogP contribution in [-0.4, -0.2) is 6.18 Å². The second kappa shape index (κ2) is 6.47. The van der Waals surface area contributed by atoms with Gasteiger partial charge in [0.15, 0.2) is 0 Å². The molecule has 0 fully saturated rings. The van der Waals surface area contributed by atoms with Crippen molar-refractivity contribution in [2.75, 3.05) is 0 Å². The van der Waals surface area contributed by atoms with Gasteiger partial charge in [0.1, 0.15) is 0 Å². The Labute approximate surface area is 112 Å². The Morgan fingerprint density at radius 1 is 1.05 bits per heavy atom. The summed E-state index contributed by atoms with van der Waals surface area (Å²) in [7, 11) is 0. The zero-order chi connectivity index (χ0) is 14.0. The first-order valence-corrected chi connectivity index (χ1v) is 5.09. The highest BCUT2D eigenvalue weighted by atomic mass is 35.5. The van der Waals surface area contributed by atoms with Crippen molar-refractivity contribution >= 4 is 12.4 Å². The van der Waals surface area contributed by atoms with Crippen LogP contribution in [0.2, 0.25) is 0 Å². The Balaban J connectivity index is 0.00000324. The maximum atomic E-state index is 12.4. The van der Waals surface area contributed by atoms with E-state index in [-0.39, 0.29) is 18.0 Å². The first-order chi connectivity index (χ1) is 8.09. The standard InChI is InChI=1S/C11H11F6N.ClH/c12-10(13,14)5-4-9(18)7-2-1-3-8(6-7)11(15,16)17;/h1-3,6,9H,4-5,18H2;1H/t9-;/m0./s1. The van der Waals surface area contributed by atoms with Gasteiger partial charge in [-0.15, -0.1) is 12.4 Å². The molecule has 0 aliphatic carbocycles. The van der Waals surface area contributed by atoms with E-state index < -0.39 is 36.8 Å². The van der Waals surface area contributed by atoms with E-state index in [1.807, 2.05) is 0 Å². The number of hydrogen-bond donors (Lipinski definition) is 1. The number of hydrogen-bond acceptors (Lipinski definition) is 1. The predicted molar refractivity (Wildman–Crippen MR) is 60.9 cm³/mol. The van der Waals surface area contributed by atoms with Gasteiger partial charge in [-0.1, -0.05) is 12.1 Å². The zero-order valence-electron chi connectivity index (χ0n) is 9.55. The lowest BCUT2D eigenvalue weighted by atomic mass is 10.0. The molecule has 8 heteroatoms. The van der Waals surface area contributed by atoms with Crippen LogP contribution < -0.4 is 5.73 Å². The van der Waals surface area contributed by atoms with Crippen LogP contribution in [-0.2, 0) is 6.18 Å². The van der Waals surface area contributed by atoms with Crippen molar-refractivity contribution in [3.05, 3.63) is 35.4 Å². The third-order valence-corrected chi connectivity index (χ3v) is 2.38. The molecule has 0 spiro atoms. The molecule has 2 N–H and O–H groups in total. The summed E-state index contributed by atoms with van der Waals surface area (Å²) in [6.45, 7) is 0. The quantitative estimate of drug-likeness (QED) is 0.819. The minimum Gasteiger partial charge on any atom is -0.324 e. The summed E-state index contributed by atoms with van der Waals surface area (Å²) in [6.07, 6.45) is -10.5. The number of benzene rings is 1. The first-order valence-electron chi connectivity index (χ1n) is 5.09. The van der Waals surface area contributed by atoms with E-state index in [4.69, 9.17) is 5.73 Å². The average molecular weight is 308 g/mol. The average Bonchev–Trinajstić information content (AvgIpc) is 2.24. The molecule has 1 rings (SSSR count). The molecule has 1 atom stereocenters. The molecule has 19 heavy (non-hydrogen) atoms. The Kier molecular flexibility index (Phi) is 6.15. The van der Waals surface area contributed by atoms with E-state index in [9.17, 15) is 26.3 Å². The van der Waals surface area contributed by atoms with Gasteiger partial charge in [-0.05, 0) is 24.1 Å². The van der Waals surface area contributed by atoms with Crippen molar-refractivity contribution in [2.45, 2.75) is 31.2 Å². The lowest BCUT2D eigenvalue weighted by Crippen LogP contribution is -2.16. The third kappa shape index (κ3) is 6.15. The molecule has 0 aromatic heterocycles. The molecule has 0 heterocycles. The van der Waals surface area contributed by atoms with E-state index in [0.29, 0.717) is 0 Å². The molecule has 0 unspecified atom stereocenters. The molecule has 0 aliphatic heterocycles. The van der Waals surface area contributed by atoms with Crippen molar-refractivity contribution < 1.29 is 26.3 Å². The molecule has 0 amide bonds. The van der Waals surface area contributed by atoms with Crippen LogP contribution in [0, 0.1) is 0 Å². The van der Waals surface area contributed by atoms with Gasteiger partial charge in [0, 0.05) is 12.5 Å². The highest BCUT2D eigenvalue weighted by molar-refractivity contribution is 5.85. The Hall–Kier alpha value is -0.950. The van der Waals surface area contributed by atoms with E-state index in [1.165, 1.54) is 6.07 Å². The number of halogens is 7. The summed E-state index contributed by atoms with van der Waals surface area (Å²) in [5.41, 5.74) is 4.58. The minimum atomic E-state index is -4.53. The van der Waals surface area contributed by atoms with Crippen LogP contribution in [0.1, 0.15) is 30.0 Å². The van der Waals surface area contributed by atoms with Crippen LogP contribution >= 0.6 is 12.4 Å². The molecule has 1 aromatic carbocycles. The maximum absolute atomic E-state index is 12.4. The molecular weight excluding hydrogens is 296 g/mol. The van der Waals surface area contributed by atoms with Gasteiger partial charge in [-0.2, -0.15) is 26.3 Å². The molecule has 0 aliphatic rings. The van der Waals surface area contributed by atoms with Crippen molar-refractivity contribution in [2.24, 2.45) is 5.73 Å². The van der Waals surface area contributed by atoms with E-state index >= 15 is 0 Å². The fourth-order valence-electron chi connectivity index (χ4n) is 1.43. The van der Waals surface area contributed by atoms with Gasteiger partial charge in [0.25, 0.3) is 0 Å². The van der Waals surface area contributed by atoms with Gasteiger partial charge in [0.2, 0.25) is 0 Å². The minimum absolute atomic E-state index is 0. The van der Waals surface area contributed by atoms with Gasteiger partial charge in [0.05, 0.1) is 5.56 Å². The molecular formula is C11H12ClF6N. The van der Waals surface area contributed by atoms with Crippen LogP contribution in [0.4, 0.5) is 26.3 Å². The van der Waals surface area contributed by atoms with E-state index in [2.05, 4.69) is 0 Å². The second-order valence-electron chi connectivity index (χ2n) is 3.88. The molecule has 0 radical (unpaired) electrons. The molecule has 110 valence electrons. The molecule has 0 bridgehead atoms. The van der Waals surface area contributed by atoms with Crippen LogP contribution in [0.5, 0.6) is 0 Å². The van der Waals surface area contributed by atoms with Gasteiger partial charge >= 0.3 is 12.4 Å². The number of rotatable bonds is 3. The topological polar surface area (TPSA) is 26.0 Å². The van der Waals surface area contributed by atoms with E-state index in [0.717, 1.165) is 18.2 Å². The maximum Gasteiger partial charge on any atom is 0.416 e. The Morgan fingerprint density at radius 3 is 2.11 bits per heavy atom. The molecule has 0 saturated heterocycles. The monoisotopic (exact) mass is 307 g/mol. The van der Waals surface area contributed by atoms with Crippen LogP contribution in [0.15, 0.2) is 24.3 Å². The van der Waals surface area contributed by atoms with Crippen molar-refractivity contribution in [1.29, 1.82) is 0 Å². The number of alkyl halides is 6. The van der Waals surface area contributed by atoms with Crippen LogP contribution in [0.3, 0.4) is 0 Å². The summed E-state index contributed by atoms with van der Waals surface area (Å²) < 4.78 is 73.1. The lowest BCUT2D eigenvalue weighted by molar-refractivity contribution is -0.138. The summed E-state index contributed by atoms with van der Waals surface area (Å²) in [4.78, 5) is 0. The fourth-order valence-corrected chi connectivity index (χ4v) is 1.43. The Morgan fingerprint density at radius 2 is 1.63 bits per heavy atom. The highest BCUT2D eigenvalue weighted by Gasteiger charge is 2.31. The van der Waals surface area contributed by atoms with Crippen molar-refractivity contribution in [3.63, 3.8) is 0 Å². The smallest absolute Gasteiger partial charge is 0.324 e. The molecule has 1 nitrogen and oxygen atoms in total. The van der Waals surface area contributed by atoms with Gasteiger partial charge in [-0.3, -0.25) is 0 Å². The molecule has 1 aromatic rings. The van der Waals surface area contributed by atoms with Gasteiger partial charge < -0.3 is 5.73 Å². The third-order valence-electron chi connectivity index (χ3n) is 2.38. The second-order valence-corrected chi connectivity index (χ2v) is 3.88. The van der Waals surface area contributed by atoms with Crippen molar-refractivity contribution in [3.8, 4) is 0 Å². The van der Waals surface area contributed by atoms with Crippen molar-refractivity contribution in [1.82, 2.24) is 0 Å². The predicted octanol–water partition coefficient (Wildman–Crippen LogP) is 4.47. The normalized spacial score (nSPS) is 13.8. The Bertz CT molecular complexity index is 401. The summed E-state index contributed by atoms with van der Waals surface area (Å²) >= 11 is 0. The van der Waals surface area contributed by atoms with Crippen LogP contribution in [0.25, 0.3) is 0 Å². The largest absolute Gasteiger partial charge is 0.416 e. The highest BCUT2D eigenvalue weighted by Crippen LogP contribution is 2.32. The fraction of sp³-hybridized carbons (Fsp3) is 0.455. The lowest BCUT2D eigenvalue weighted by Gasteiger charge is -2.15. The first kappa shape index (κ1) is 18.0. The summed E-state index contributed by atoms with van der Waals surface area (Å²) in [6, 6.07) is 2.98. The zero-order valence-corrected chi connectivity index (χ0v) is 10.4. The summed E-state index contributed by atoms with van der Waals surface area (Å²) in [5.74, 6) is 0. The van der Waals surface area contributed by atoms with Gasteiger partial charge in [-0.25, -0.2) is 0 Å². The number of nitrogens with two attached hydrogens (primary N) is 1. The SMILES string of the molecule is Cl.N[C@@H](CCC(F)(F)F)c1cccc(C(F)(F)F)c1.